The van der Waals surface area contributed by atoms with Crippen molar-refractivity contribution in [3.05, 3.63) is 135 Å². The molecule has 0 spiro atoms. The van der Waals surface area contributed by atoms with Crippen LogP contribution >= 0.6 is 19.4 Å². The second kappa shape index (κ2) is 24.7. The SMILES string of the molecule is CC(C)(C#Cc1ccc(-c2ccc(Cl)c3c(C(C(=O)CCCN(C(=O)OCOP(=O)(O)O)[C@@H](C(=O)O)c4ccccc4)S(C)(=O)=O)nn(CC(F)(F)F)c23)c([C@H](Cc2cc(F)cc(F)c2)NC(=O)Cn2nc(C(F)(F)F)c3c2C(F)(F)[C@@H]2C[C@H]32)n1)S(C)(=O)=O. The van der Waals surface area contributed by atoms with Crippen molar-refractivity contribution in [2.75, 3.05) is 25.8 Å². The van der Waals surface area contributed by atoms with Crippen molar-refractivity contribution in [1.82, 2.24) is 34.8 Å². The topological polar surface area (TPSA) is 297 Å². The highest BCUT2D eigenvalue weighted by atomic mass is 35.5. The molecule has 2 aliphatic carbocycles. The number of carboxylic acids is 1. The number of amides is 2. The molecule has 0 bridgehead atoms. The van der Waals surface area contributed by atoms with Crippen molar-refractivity contribution >= 4 is 73.8 Å². The Labute approximate surface area is 503 Å². The molecule has 8 rings (SSSR count). The fourth-order valence-corrected chi connectivity index (χ4v) is 12.1. The Morgan fingerprint density at radius 1 is 0.910 bits per heavy atom. The van der Waals surface area contributed by atoms with Crippen LogP contribution in [0.2, 0.25) is 5.02 Å². The molecule has 3 aromatic carbocycles. The third-order valence-electron chi connectivity index (χ3n) is 14.4. The predicted octanol–water partition coefficient (Wildman–Crippen LogP) is 9.06. The summed E-state index contributed by atoms with van der Waals surface area (Å²) in [7, 11) is -14.2. The van der Waals surface area contributed by atoms with Gasteiger partial charge in [0.1, 0.15) is 40.9 Å². The van der Waals surface area contributed by atoms with Crippen molar-refractivity contribution in [3.63, 3.8) is 0 Å². The van der Waals surface area contributed by atoms with Gasteiger partial charge in [-0.3, -0.25) is 23.9 Å². The number of phosphoric acid groups is 1. The number of carbonyl (C=O) groups excluding carboxylic acids is 3. The third kappa shape index (κ3) is 15.1. The van der Waals surface area contributed by atoms with E-state index in [-0.39, 0.29) is 32.6 Å². The molecule has 5 atom stereocenters. The normalized spacial score (nSPS) is 16.8. The van der Waals surface area contributed by atoms with E-state index in [0.29, 0.717) is 17.2 Å². The number of Topliss-reactive ketones (excluding diaryl/α,β-unsaturated/α-hetero) is 1. The molecule has 89 heavy (non-hydrogen) atoms. The van der Waals surface area contributed by atoms with Crippen LogP contribution in [0.25, 0.3) is 22.0 Å². The molecule has 21 nitrogen and oxygen atoms in total. The Bertz CT molecular complexity index is 4150. The first-order valence-corrected chi connectivity index (χ1v) is 31.8. The number of fused-ring (bicyclic) bond motifs is 4. The molecule has 35 heteroatoms. The highest BCUT2D eigenvalue weighted by Crippen LogP contribution is 2.68. The lowest BCUT2D eigenvalue weighted by Crippen LogP contribution is -2.40. The minimum Gasteiger partial charge on any atom is -0.479 e. The second-order valence-corrected chi connectivity index (χ2v) is 27.7. The Hall–Kier alpha value is -7.47. The maximum absolute atomic E-state index is 15.7. The lowest BCUT2D eigenvalue weighted by molar-refractivity contribution is -0.143. The van der Waals surface area contributed by atoms with E-state index >= 15 is 8.78 Å². The quantitative estimate of drug-likeness (QED) is 0.0213. The molecule has 1 saturated carbocycles. The van der Waals surface area contributed by atoms with Crippen LogP contribution in [0.3, 0.4) is 0 Å². The number of carboxylic acid groups (broad SMARTS) is 1. The van der Waals surface area contributed by atoms with Gasteiger partial charge < -0.3 is 24.9 Å². The molecule has 0 saturated heterocycles. The van der Waals surface area contributed by atoms with E-state index in [1.165, 1.54) is 44.2 Å². The molecular weight excluding hydrogens is 1290 g/mol. The maximum Gasteiger partial charge on any atom is 0.472 e. The van der Waals surface area contributed by atoms with Gasteiger partial charge in [0.2, 0.25) is 12.7 Å². The van der Waals surface area contributed by atoms with E-state index in [1.807, 2.05) is 0 Å². The molecule has 2 aliphatic rings. The number of aliphatic carboxylic acids is 1. The van der Waals surface area contributed by atoms with Crippen LogP contribution in [-0.2, 0) is 79.5 Å². The third-order valence-corrected chi connectivity index (χ3v) is 18.5. The van der Waals surface area contributed by atoms with Gasteiger partial charge in [-0.1, -0.05) is 53.9 Å². The molecule has 4 N–H and O–H groups in total. The van der Waals surface area contributed by atoms with Crippen molar-refractivity contribution in [3.8, 4) is 23.0 Å². The first kappa shape index (κ1) is 67.5. The van der Waals surface area contributed by atoms with Crippen molar-refractivity contribution in [2.45, 2.75) is 98.9 Å². The Balaban J connectivity index is 1.28. The summed E-state index contributed by atoms with van der Waals surface area (Å²) in [6, 6.07) is 9.15. The van der Waals surface area contributed by atoms with Crippen LogP contribution in [0.1, 0.15) is 102 Å². The van der Waals surface area contributed by atoms with Gasteiger partial charge in [0.05, 0.1) is 28.0 Å². The molecular formula is C54H49ClF10N7O14PS2. The zero-order valence-electron chi connectivity index (χ0n) is 46.4. The van der Waals surface area contributed by atoms with Gasteiger partial charge in [0, 0.05) is 59.5 Å². The van der Waals surface area contributed by atoms with Crippen molar-refractivity contribution < 1.29 is 109 Å². The summed E-state index contributed by atoms with van der Waals surface area (Å²) in [6.07, 6.45) is -13.5. The molecule has 1 unspecified atom stereocenters. The molecule has 3 heterocycles. The second-order valence-electron chi connectivity index (χ2n) is 21.4. The summed E-state index contributed by atoms with van der Waals surface area (Å²) in [6.45, 7) is -3.27. The van der Waals surface area contributed by atoms with Gasteiger partial charge >= 0.3 is 32.2 Å². The number of benzene rings is 3. The molecule has 0 radical (unpaired) electrons. The number of hydrogen-bond acceptors (Lipinski definition) is 14. The number of alkyl halides is 8. The number of nitrogens with one attached hydrogen (secondary N) is 1. The van der Waals surface area contributed by atoms with E-state index < -0.39 is 216 Å². The van der Waals surface area contributed by atoms with Crippen LogP contribution in [-0.4, -0.2) is 122 Å². The molecule has 478 valence electrons. The van der Waals surface area contributed by atoms with Crippen LogP contribution in [0.5, 0.6) is 0 Å². The van der Waals surface area contributed by atoms with E-state index in [0.717, 1.165) is 42.7 Å². The highest BCUT2D eigenvalue weighted by molar-refractivity contribution is 7.92. The summed E-state index contributed by atoms with van der Waals surface area (Å²) in [5.41, 5.74) is -7.53. The summed E-state index contributed by atoms with van der Waals surface area (Å²) >= 11 is 6.75. The van der Waals surface area contributed by atoms with Gasteiger partial charge in [-0.25, -0.2) is 49.3 Å². The van der Waals surface area contributed by atoms with Gasteiger partial charge in [-0.15, -0.1) is 0 Å². The van der Waals surface area contributed by atoms with E-state index in [2.05, 4.69) is 36.9 Å². The smallest absolute Gasteiger partial charge is 0.472 e. The number of pyridine rings is 1. The number of halogens is 11. The van der Waals surface area contributed by atoms with Gasteiger partial charge in [-0.05, 0) is 86.4 Å². The Morgan fingerprint density at radius 3 is 2.13 bits per heavy atom. The van der Waals surface area contributed by atoms with Crippen molar-refractivity contribution in [2.24, 2.45) is 5.92 Å². The minimum absolute atomic E-state index is 0.0721. The molecule has 6 aromatic rings. The number of ether oxygens (including phenoxy) is 1. The average Bonchev–Trinajstić information content (AvgIpc) is 1.53. The Morgan fingerprint density at radius 2 is 1.55 bits per heavy atom. The summed E-state index contributed by atoms with van der Waals surface area (Å²) in [4.78, 5) is 78.1. The number of nitrogens with zero attached hydrogens (tertiary/aromatic N) is 6. The number of ketones is 1. The lowest BCUT2D eigenvalue weighted by atomic mass is 9.93. The number of sulfone groups is 2. The minimum atomic E-state index is -5.28. The first-order chi connectivity index (χ1) is 41.1. The zero-order chi connectivity index (χ0) is 65.9. The van der Waals surface area contributed by atoms with Gasteiger partial charge in [-0.2, -0.15) is 45.3 Å². The average molecular weight is 1340 g/mol. The van der Waals surface area contributed by atoms with E-state index in [9.17, 15) is 80.8 Å². The van der Waals surface area contributed by atoms with E-state index in [4.69, 9.17) is 26.1 Å². The van der Waals surface area contributed by atoms with Crippen LogP contribution in [0.4, 0.5) is 48.7 Å². The fourth-order valence-electron chi connectivity index (χ4n) is 10.3. The summed E-state index contributed by atoms with van der Waals surface area (Å²) in [5.74, 6) is -8.49. The number of rotatable bonds is 22. The van der Waals surface area contributed by atoms with Gasteiger partial charge in [0.15, 0.2) is 42.4 Å². The van der Waals surface area contributed by atoms with Gasteiger partial charge in [0.25, 0.3) is 5.92 Å². The van der Waals surface area contributed by atoms with E-state index in [1.54, 1.807) is 0 Å². The molecule has 2 amide bonds. The highest BCUT2D eigenvalue weighted by Gasteiger charge is 2.68. The molecule has 0 aliphatic heterocycles. The summed E-state index contributed by atoms with van der Waals surface area (Å²) in [5, 5.41) is 16.3. The number of carbonyl (C=O) groups is 4. The zero-order valence-corrected chi connectivity index (χ0v) is 49.7. The lowest BCUT2D eigenvalue weighted by Gasteiger charge is -2.28. The number of hydrogen-bond donors (Lipinski definition) is 4. The first-order valence-electron chi connectivity index (χ1n) is 26.0. The largest absolute Gasteiger partial charge is 0.479 e. The van der Waals surface area contributed by atoms with Crippen LogP contribution in [0, 0.1) is 29.4 Å². The van der Waals surface area contributed by atoms with Crippen LogP contribution in [0.15, 0.2) is 72.8 Å². The number of aromatic nitrogens is 5. The van der Waals surface area contributed by atoms with Crippen molar-refractivity contribution in [1.29, 1.82) is 0 Å². The summed E-state index contributed by atoms with van der Waals surface area (Å²) < 4.78 is 221. The fraction of sp³-hybridized carbons (Fsp3) is 0.389. The standard InChI is InChI=1S/C54H49ClF10N7O14PS2/c1-51(2,89(4,83)84)17-16-31-12-13-32(42(66-31)37(21-27-19-29(56)22-30(57)20-27)67-39(74)24-71-48-40(47(69-71)54(63,64)65)34-23-35(34)53(48,61)62)33-14-15-36(55)41-43(68-72(45(33)41)25-52(58,59)60)46(88(3,81)82)38(73)11-8-18-70(50(77)85-26-86-87(78,79)80)44(49(75)76)28-9-6-5-7-10-28/h5-7,9-10,12-15,19-20,22,34-35,37,44,46H,8,11,18,21,23-26H2,1-4H3,(H,67,74)(H,75,76)(H2,78,79,80)/t34-,35+,37-,44+,46?/m0/s1. The monoisotopic (exact) mass is 1340 g/mol. The molecule has 1 fully saturated rings. The predicted molar refractivity (Wildman–Crippen MR) is 293 cm³/mol. The number of phosphoric ester groups is 1. The molecule has 3 aromatic heterocycles. The Kier molecular flexibility index (Phi) is 18.7. The maximum atomic E-state index is 15.7. The van der Waals surface area contributed by atoms with Crippen LogP contribution < -0.4 is 5.32 Å².